The molecule has 2 aromatic carbocycles. The number of hydrogen-bond acceptors (Lipinski definition) is 7. The van der Waals surface area contributed by atoms with Crippen molar-refractivity contribution in [2.24, 2.45) is 0 Å². The average Bonchev–Trinajstić information content (AvgIpc) is 3.10. The molecular weight excluding hydrogens is 316 g/mol. The van der Waals surface area contributed by atoms with Crippen LogP contribution in [0, 0.1) is 10.1 Å². The summed E-state index contributed by atoms with van der Waals surface area (Å²) in [5.74, 6) is 0.565. The van der Waals surface area contributed by atoms with Crippen LogP contribution in [-0.2, 0) is 0 Å². The molecule has 1 aromatic heterocycles. The van der Waals surface area contributed by atoms with Crippen LogP contribution in [0.4, 0.5) is 16.2 Å². The maximum absolute atomic E-state index is 11.8. The van der Waals surface area contributed by atoms with Crippen LogP contribution in [0.25, 0.3) is 11.5 Å². The van der Waals surface area contributed by atoms with Crippen LogP contribution in [0.3, 0.4) is 0 Å². The molecule has 0 saturated carbocycles. The normalized spacial score (nSPS) is 10.2. The van der Waals surface area contributed by atoms with Crippen LogP contribution in [0.15, 0.2) is 59.4 Å². The minimum atomic E-state index is -0.714. The Morgan fingerprint density at radius 1 is 1.12 bits per heavy atom. The molecule has 3 aromatic rings. The van der Waals surface area contributed by atoms with E-state index in [1.165, 1.54) is 30.6 Å². The third kappa shape index (κ3) is 3.53. The van der Waals surface area contributed by atoms with Crippen molar-refractivity contribution in [3.63, 3.8) is 0 Å². The summed E-state index contributed by atoms with van der Waals surface area (Å²) in [6.45, 7) is 0. The van der Waals surface area contributed by atoms with Gasteiger partial charge >= 0.3 is 6.09 Å². The maximum atomic E-state index is 11.8. The second-order valence-corrected chi connectivity index (χ2v) is 4.59. The summed E-state index contributed by atoms with van der Waals surface area (Å²) in [5, 5.41) is 16.6. The number of anilines is 1. The number of non-ortho nitro benzene ring substituents is 1. The van der Waals surface area contributed by atoms with Crippen molar-refractivity contribution < 1.29 is 19.0 Å². The van der Waals surface area contributed by atoms with Crippen molar-refractivity contribution >= 4 is 17.5 Å². The van der Waals surface area contributed by atoms with Gasteiger partial charge in [-0.25, -0.2) is 4.79 Å². The van der Waals surface area contributed by atoms with Crippen molar-refractivity contribution in [3.05, 3.63) is 65.0 Å². The molecule has 3 rings (SSSR count). The third-order valence-electron chi connectivity index (χ3n) is 3.00. The molecule has 0 bridgehead atoms. The molecule has 0 radical (unpaired) electrons. The zero-order valence-corrected chi connectivity index (χ0v) is 12.1. The van der Waals surface area contributed by atoms with E-state index >= 15 is 0 Å². The van der Waals surface area contributed by atoms with Gasteiger partial charge in [0.25, 0.3) is 11.6 Å². The molecule has 0 unspecified atom stereocenters. The van der Waals surface area contributed by atoms with E-state index in [-0.39, 0.29) is 11.4 Å². The molecule has 0 aliphatic carbocycles. The summed E-state index contributed by atoms with van der Waals surface area (Å²) in [5.41, 5.74) is 1.13. The molecular formula is C15H10N4O5. The molecule has 1 N–H and O–H groups in total. The Labute approximate surface area is 135 Å². The van der Waals surface area contributed by atoms with Crippen LogP contribution < -0.4 is 10.1 Å². The predicted molar refractivity (Wildman–Crippen MR) is 82.5 cm³/mol. The number of benzene rings is 2. The van der Waals surface area contributed by atoms with Crippen LogP contribution in [0.5, 0.6) is 5.75 Å². The number of nitro groups is 1. The van der Waals surface area contributed by atoms with E-state index < -0.39 is 11.0 Å². The number of amides is 1. The lowest BCUT2D eigenvalue weighted by atomic mass is 10.2. The summed E-state index contributed by atoms with van der Waals surface area (Å²) in [6, 6.07) is 11.9. The zero-order chi connectivity index (χ0) is 16.9. The van der Waals surface area contributed by atoms with Gasteiger partial charge < -0.3 is 9.26 Å². The van der Waals surface area contributed by atoms with Gasteiger partial charge in [-0.15, -0.1) is 0 Å². The highest BCUT2D eigenvalue weighted by atomic mass is 16.6. The van der Waals surface area contributed by atoms with Crippen molar-refractivity contribution in [2.75, 3.05) is 5.32 Å². The SMILES string of the molecule is O=C(Nc1ccc(-c2ncno2)cc1)Oc1ccc([N+](=O)[O-])cc1. The number of hydrogen-bond donors (Lipinski definition) is 1. The van der Waals surface area contributed by atoms with Gasteiger partial charge in [0.15, 0.2) is 6.33 Å². The van der Waals surface area contributed by atoms with Crippen LogP contribution >= 0.6 is 0 Å². The first-order chi connectivity index (χ1) is 11.6. The standard InChI is InChI=1S/C15H10N4O5/c20-15(23-13-7-5-12(6-8-13)19(21)22)18-11-3-1-10(2-4-11)14-16-9-17-24-14/h1-9H,(H,18,20). The molecule has 0 atom stereocenters. The molecule has 0 spiro atoms. The Hall–Kier alpha value is -3.75. The lowest BCUT2D eigenvalue weighted by Gasteiger charge is -2.06. The maximum Gasteiger partial charge on any atom is 0.417 e. The lowest BCUT2D eigenvalue weighted by molar-refractivity contribution is -0.384. The average molecular weight is 326 g/mol. The predicted octanol–water partition coefficient (Wildman–Crippen LogP) is 3.26. The zero-order valence-electron chi connectivity index (χ0n) is 12.1. The highest BCUT2D eigenvalue weighted by Crippen LogP contribution is 2.20. The van der Waals surface area contributed by atoms with Crippen molar-refractivity contribution in [3.8, 4) is 17.2 Å². The topological polar surface area (TPSA) is 120 Å². The number of nitrogens with one attached hydrogen (secondary N) is 1. The molecule has 0 aliphatic heterocycles. The van der Waals surface area contributed by atoms with Gasteiger partial charge in [0.1, 0.15) is 5.75 Å². The Kier molecular flexibility index (Phi) is 4.15. The van der Waals surface area contributed by atoms with Crippen LogP contribution in [0.2, 0.25) is 0 Å². The number of nitro benzene ring substituents is 1. The number of carbonyl (C=O) groups is 1. The van der Waals surface area contributed by atoms with Crippen molar-refractivity contribution in [2.45, 2.75) is 0 Å². The quantitative estimate of drug-likeness (QED) is 0.577. The van der Waals surface area contributed by atoms with Crippen molar-refractivity contribution in [1.82, 2.24) is 10.1 Å². The lowest BCUT2D eigenvalue weighted by Crippen LogP contribution is -2.16. The van der Waals surface area contributed by atoms with Gasteiger partial charge in [-0.1, -0.05) is 5.16 Å². The molecule has 1 amide bonds. The fourth-order valence-corrected chi connectivity index (χ4v) is 1.88. The summed E-state index contributed by atoms with van der Waals surface area (Å²) in [7, 11) is 0. The highest BCUT2D eigenvalue weighted by molar-refractivity contribution is 5.86. The van der Waals surface area contributed by atoms with E-state index in [2.05, 4.69) is 15.5 Å². The van der Waals surface area contributed by atoms with Gasteiger partial charge in [0.05, 0.1) is 4.92 Å². The molecule has 9 heteroatoms. The summed E-state index contributed by atoms with van der Waals surface area (Å²) >= 11 is 0. The van der Waals surface area contributed by atoms with Crippen LogP contribution in [-0.4, -0.2) is 21.2 Å². The Morgan fingerprint density at radius 3 is 2.42 bits per heavy atom. The molecule has 0 aliphatic rings. The largest absolute Gasteiger partial charge is 0.417 e. The van der Waals surface area contributed by atoms with Gasteiger partial charge in [-0.2, -0.15) is 4.98 Å². The summed E-state index contributed by atoms with van der Waals surface area (Å²) in [6.07, 6.45) is 0.581. The molecule has 1 heterocycles. The van der Waals surface area contributed by atoms with Gasteiger partial charge in [0.2, 0.25) is 0 Å². The Balaban J connectivity index is 1.61. The van der Waals surface area contributed by atoms with Gasteiger partial charge in [0, 0.05) is 23.4 Å². The van der Waals surface area contributed by atoms with E-state index in [0.29, 0.717) is 17.1 Å². The smallest absolute Gasteiger partial charge is 0.410 e. The van der Waals surface area contributed by atoms with Gasteiger partial charge in [-0.3, -0.25) is 15.4 Å². The Bertz CT molecular complexity index is 845. The number of carbonyl (C=O) groups excluding carboxylic acids is 1. The first kappa shape index (κ1) is 15.2. The number of nitrogens with zero attached hydrogens (tertiary/aromatic N) is 3. The second kappa shape index (κ2) is 6.57. The Morgan fingerprint density at radius 2 is 1.83 bits per heavy atom. The van der Waals surface area contributed by atoms with E-state index in [4.69, 9.17) is 9.26 Å². The number of ether oxygens (including phenoxy) is 1. The summed E-state index contributed by atoms with van der Waals surface area (Å²) in [4.78, 5) is 25.7. The fourth-order valence-electron chi connectivity index (χ4n) is 1.88. The number of aromatic nitrogens is 2. The summed E-state index contributed by atoms with van der Waals surface area (Å²) < 4.78 is 9.97. The minimum Gasteiger partial charge on any atom is -0.410 e. The second-order valence-electron chi connectivity index (χ2n) is 4.59. The van der Waals surface area contributed by atoms with E-state index in [1.807, 2.05) is 0 Å². The molecule has 0 saturated heterocycles. The first-order valence-electron chi connectivity index (χ1n) is 6.72. The van der Waals surface area contributed by atoms with Gasteiger partial charge in [-0.05, 0) is 36.4 Å². The minimum absolute atomic E-state index is 0.0839. The monoisotopic (exact) mass is 326 g/mol. The molecule has 0 fully saturated rings. The van der Waals surface area contributed by atoms with Crippen molar-refractivity contribution in [1.29, 1.82) is 0 Å². The van der Waals surface area contributed by atoms with Crippen LogP contribution in [0.1, 0.15) is 0 Å². The third-order valence-corrected chi connectivity index (χ3v) is 3.00. The van der Waals surface area contributed by atoms with E-state index in [9.17, 15) is 14.9 Å². The molecule has 120 valence electrons. The fraction of sp³-hybridized carbons (Fsp3) is 0. The first-order valence-corrected chi connectivity index (χ1v) is 6.72. The number of rotatable bonds is 4. The molecule has 9 nitrogen and oxygen atoms in total. The highest BCUT2D eigenvalue weighted by Gasteiger charge is 2.09. The van der Waals surface area contributed by atoms with E-state index in [0.717, 1.165) is 0 Å². The van der Waals surface area contributed by atoms with E-state index in [1.54, 1.807) is 24.3 Å². The molecule has 24 heavy (non-hydrogen) atoms.